The Hall–Kier alpha value is -2.66. The van der Waals surface area contributed by atoms with Crippen LogP contribution in [0.15, 0.2) is 54.6 Å². The minimum absolute atomic E-state index is 0.0677. The fraction of sp³-hybridized carbons (Fsp3) is 0.417. The summed E-state index contributed by atoms with van der Waals surface area (Å²) in [6.45, 7) is 4.43. The summed E-state index contributed by atoms with van der Waals surface area (Å²) in [6.07, 6.45) is 1.04. The quantitative estimate of drug-likeness (QED) is 0.852. The van der Waals surface area contributed by atoms with Gasteiger partial charge in [-0.25, -0.2) is 0 Å². The average molecular weight is 392 g/mol. The van der Waals surface area contributed by atoms with Gasteiger partial charge in [-0.3, -0.25) is 9.59 Å². The first-order chi connectivity index (χ1) is 14.1. The summed E-state index contributed by atoms with van der Waals surface area (Å²) in [4.78, 5) is 29.6. The molecule has 2 heterocycles. The second-order valence-corrected chi connectivity index (χ2v) is 8.32. The van der Waals surface area contributed by atoms with Gasteiger partial charge in [0.2, 0.25) is 11.8 Å². The molecule has 29 heavy (non-hydrogen) atoms. The van der Waals surface area contributed by atoms with Crippen LogP contribution in [-0.4, -0.2) is 47.3 Å². The Morgan fingerprint density at radius 3 is 2.48 bits per heavy atom. The van der Waals surface area contributed by atoms with Gasteiger partial charge in [-0.2, -0.15) is 0 Å². The highest BCUT2D eigenvalue weighted by atomic mass is 16.2. The molecule has 0 bridgehead atoms. The zero-order chi connectivity index (χ0) is 20.4. The largest absolute Gasteiger partial charge is 0.340 e. The highest BCUT2D eigenvalue weighted by Crippen LogP contribution is 2.34. The van der Waals surface area contributed by atoms with Crippen molar-refractivity contribution < 1.29 is 9.59 Å². The molecule has 5 heteroatoms. The van der Waals surface area contributed by atoms with Gasteiger partial charge >= 0.3 is 0 Å². The van der Waals surface area contributed by atoms with Crippen molar-refractivity contribution in [2.45, 2.75) is 38.3 Å². The van der Waals surface area contributed by atoms with Crippen LogP contribution in [-0.2, 0) is 16.1 Å². The molecule has 2 aliphatic rings. The number of hydrogen-bond donors (Lipinski definition) is 1. The van der Waals surface area contributed by atoms with E-state index in [4.69, 9.17) is 5.73 Å². The normalized spacial score (nSPS) is 24.3. The molecule has 0 saturated carbocycles. The molecule has 3 atom stereocenters. The Bertz CT molecular complexity index is 865. The molecule has 0 spiro atoms. The number of benzene rings is 2. The van der Waals surface area contributed by atoms with Gasteiger partial charge in [0.25, 0.3) is 0 Å². The molecule has 2 aliphatic heterocycles. The van der Waals surface area contributed by atoms with Crippen LogP contribution in [0, 0.1) is 12.8 Å². The fourth-order valence-corrected chi connectivity index (χ4v) is 4.66. The van der Waals surface area contributed by atoms with Gasteiger partial charge in [0.15, 0.2) is 0 Å². The van der Waals surface area contributed by atoms with Crippen molar-refractivity contribution in [1.82, 2.24) is 9.80 Å². The lowest BCUT2D eigenvalue weighted by Crippen LogP contribution is -2.46. The predicted molar refractivity (Wildman–Crippen MR) is 113 cm³/mol. The van der Waals surface area contributed by atoms with E-state index in [2.05, 4.69) is 12.1 Å². The third-order valence-corrected chi connectivity index (χ3v) is 6.37. The van der Waals surface area contributed by atoms with E-state index in [1.54, 1.807) is 4.90 Å². The average Bonchev–Trinajstić information content (AvgIpc) is 3.34. The van der Waals surface area contributed by atoms with Crippen LogP contribution in [0.25, 0.3) is 0 Å². The van der Waals surface area contributed by atoms with Crippen molar-refractivity contribution in [2.75, 3.05) is 19.6 Å². The number of carbonyl (C=O) groups is 2. The van der Waals surface area contributed by atoms with Gasteiger partial charge in [0.05, 0.1) is 0 Å². The number of aryl methyl sites for hydroxylation is 1. The third-order valence-electron chi connectivity index (χ3n) is 6.37. The number of nitrogens with zero attached hydrogens (tertiary/aromatic N) is 2. The van der Waals surface area contributed by atoms with E-state index in [1.807, 2.05) is 54.3 Å². The zero-order valence-corrected chi connectivity index (χ0v) is 17.0. The summed E-state index contributed by atoms with van der Waals surface area (Å²) in [7, 11) is 0. The van der Waals surface area contributed by atoms with E-state index in [0.717, 1.165) is 5.56 Å². The Balaban J connectivity index is 1.49. The van der Waals surface area contributed by atoms with Crippen LogP contribution in [0.5, 0.6) is 0 Å². The number of rotatable bonds is 5. The van der Waals surface area contributed by atoms with Gasteiger partial charge < -0.3 is 15.5 Å². The second-order valence-electron chi connectivity index (χ2n) is 8.32. The van der Waals surface area contributed by atoms with E-state index < -0.39 is 0 Å². The molecule has 0 radical (unpaired) electrons. The lowest BCUT2D eigenvalue weighted by molar-refractivity contribution is -0.141. The number of nitrogens with two attached hydrogens (primary N) is 1. The minimum Gasteiger partial charge on any atom is -0.340 e. The van der Waals surface area contributed by atoms with Crippen molar-refractivity contribution in [3.05, 3.63) is 71.3 Å². The van der Waals surface area contributed by atoms with E-state index in [-0.39, 0.29) is 29.7 Å². The van der Waals surface area contributed by atoms with Gasteiger partial charge in [0.1, 0.15) is 6.04 Å². The van der Waals surface area contributed by atoms with Gasteiger partial charge in [0, 0.05) is 32.0 Å². The van der Waals surface area contributed by atoms with Crippen LogP contribution >= 0.6 is 0 Å². The fourth-order valence-electron chi connectivity index (χ4n) is 4.66. The topological polar surface area (TPSA) is 66.6 Å². The molecule has 0 aliphatic carbocycles. The number of carbonyl (C=O) groups excluding carboxylic acids is 2. The minimum atomic E-state index is -0.364. The predicted octanol–water partition coefficient (Wildman–Crippen LogP) is 2.69. The Labute approximate surface area is 172 Å². The summed E-state index contributed by atoms with van der Waals surface area (Å²) in [5, 5.41) is 0. The third kappa shape index (κ3) is 4.06. The smallest absolute Gasteiger partial charge is 0.245 e. The lowest BCUT2D eigenvalue weighted by Gasteiger charge is -2.28. The molecule has 0 aromatic heterocycles. The van der Waals surface area contributed by atoms with Crippen LogP contribution in [0.1, 0.15) is 35.4 Å². The first kappa shape index (κ1) is 19.6. The molecular weight excluding hydrogens is 362 g/mol. The maximum Gasteiger partial charge on any atom is 0.245 e. The summed E-state index contributed by atoms with van der Waals surface area (Å²) in [5.41, 5.74) is 9.52. The standard InChI is InChI=1S/C24H29N3O2/c1-17-7-9-18(10-8-17)14-27-22(11-12-23(27)28)24(29)26-15-20(13-25)21(16-26)19-5-3-2-4-6-19/h2-10,20-22H,11-16,25H2,1H3/t20-,21+,22?/m1/s1. The molecule has 4 rings (SSSR count). The SMILES string of the molecule is Cc1ccc(CN2C(=O)CCC2C(=O)N2C[C@@H](CN)[C@H](c3ccccc3)C2)cc1. The molecular formula is C24H29N3O2. The number of likely N-dealkylation sites (tertiary alicyclic amines) is 2. The van der Waals surface area contributed by atoms with Crippen molar-refractivity contribution >= 4 is 11.8 Å². The molecule has 2 aromatic carbocycles. The molecule has 1 unspecified atom stereocenters. The monoisotopic (exact) mass is 391 g/mol. The summed E-state index contributed by atoms with van der Waals surface area (Å²) in [6, 6.07) is 18.1. The molecule has 2 saturated heterocycles. The Kier molecular flexibility index (Phi) is 5.67. The van der Waals surface area contributed by atoms with Gasteiger partial charge in [-0.1, -0.05) is 60.2 Å². The molecule has 2 N–H and O–H groups in total. The maximum atomic E-state index is 13.4. The van der Waals surface area contributed by atoms with E-state index >= 15 is 0 Å². The summed E-state index contributed by atoms with van der Waals surface area (Å²) >= 11 is 0. The van der Waals surface area contributed by atoms with Crippen LogP contribution in [0.2, 0.25) is 0 Å². The maximum absolute atomic E-state index is 13.4. The first-order valence-electron chi connectivity index (χ1n) is 10.5. The van der Waals surface area contributed by atoms with Crippen molar-refractivity contribution in [3.63, 3.8) is 0 Å². The molecule has 152 valence electrons. The first-order valence-corrected chi connectivity index (χ1v) is 10.5. The molecule has 2 fully saturated rings. The summed E-state index contributed by atoms with van der Waals surface area (Å²) in [5.74, 6) is 0.648. The van der Waals surface area contributed by atoms with E-state index in [1.165, 1.54) is 11.1 Å². The second kappa shape index (κ2) is 8.37. The highest BCUT2D eigenvalue weighted by molar-refractivity contribution is 5.91. The molecule has 2 amide bonds. The van der Waals surface area contributed by atoms with Gasteiger partial charge in [-0.15, -0.1) is 0 Å². The highest BCUT2D eigenvalue weighted by Gasteiger charge is 2.42. The van der Waals surface area contributed by atoms with Crippen molar-refractivity contribution in [1.29, 1.82) is 0 Å². The number of hydrogen-bond acceptors (Lipinski definition) is 3. The Morgan fingerprint density at radius 1 is 1.07 bits per heavy atom. The van der Waals surface area contributed by atoms with E-state index in [9.17, 15) is 9.59 Å². The van der Waals surface area contributed by atoms with Crippen LogP contribution in [0.4, 0.5) is 0 Å². The molecule has 5 nitrogen and oxygen atoms in total. The van der Waals surface area contributed by atoms with Gasteiger partial charge in [-0.05, 0) is 36.9 Å². The van der Waals surface area contributed by atoms with Crippen LogP contribution in [0.3, 0.4) is 0 Å². The number of amides is 2. The van der Waals surface area contributed by atoms with Crippen molar-refractivity contribution in [2.24, 2.45) is 11.7 Å². The van der Waals surface area contributed by atoms with Crippen molar-refractivity contribution in [3.8, 4) is 0 Å². The lowest BCUT2D eigenvalue weighted by atomic mass is 9.89. The molecule has 2 aromatic rings. The zero-order valence-electron chi connectivity index (χ0n) is 17.0. The van der Waals surface area contributed by atoms with Crippen LogP contribution < -0.4 is 5.73 Å². The summed E-state index contributed by atoms with van der Waals surface area (Å²) < 4.78 is 0. The Morgan fingerprint density at radius 2 is 1.79 bits per heavy atom. The van der Waals surface area contributed by atoms with E-state index in [0.29, 0.717) is 39.0 Å².